The Morgan fingerprint density at radius 2 is 0.831 bits per heavy atom. The second-order valence-electron chi connectivity index (χ2n) is 15.8. The zero-order valence-electron chi connectivity index (χ0n) is 33.1. The van der Waals surface area contributed by atoms with Crippen molar-refractivity contribution in [2.75, 3.05) is 0 Å². The van der Waals surface area contributed by atoms with Crippen LogP contribution in [0.5, 0.6) is 0 Å². The summed E-state index contributed by atoms with van der Waals surface area (Å²) in [5.74, 6) is 2.42. The number of fused-ring (bicyclic) bond motifs is 3. The highest BCUT2D eigenvalue weighted by molar-refractivity contribution is 6.10. The van der Waals surface area contributed by atoms with Gasteiger partial charge in [-0.3, -0.25) is 0 Å². The SMILES string of the molecule is CC(C)(C)c1ccc2c3ccccc3n(-c3ccc(-c4cc(-c5ccccc5)nc(-c5ccccc5)n4)cc3-c3nc(-c4ccccc4)nc(-c4ccccc4)n3)c2c1. The van der Waals surface area contributed by atoms with E-state index in [9.17, 15) is 0 Å². The lowest BCUT2D eigenvalue weighted by Gasteiger charge is -2.20. The molecular formula is C53H40N6. The molecule has 0 atom stereocenters. The van der Waals surface area contributed by atoms with E-state index in [-0.39, 0.29) is 5.41 Å². The van der Waals surface area contributed by atoms with Crippen molar-refractivity contribution in [2.24, 2.45) is 0 Å². The Bertz CT molecular complexity index is 3000. The summed E-state index contributed by atoms with van der Waals surface area (Å²) in [5.41, 5.74) is 11.6. The zero-order chi connectivity index (χ0) is 39.9. The van der Waals surface area contributed by atoms with Crippen molar-refractivity contribution in [1.29, 1.82) is 0 Å². The lowest BCUT2D eigenvalue weighted by molar-refractivity contribution is 0.591. The van der Waals surface area contributed by atoms with E-state index in [4.69, 9.17) is 24.9 Å². The normalized spacial score (nSPS) is 11.6. The Morgan fingerprint density at radius 1 is 0.356 bits per heavy atom. The van der Waals surface area contributed by atoms with E-state index in [2.05, 4.69) is 116 Å². The quantitative estimate of drug-likeness (QED) is 0.162. The Hall–Kier alpha value is -7.57. The number of benzene rings is 7. The van der Waals surface area contributed by atoms with Crippen LogP contribution in [0.3, 0.4) is 0 Å². The van der Waals surface area contributed by atoms with Crippen LogP contribution < -0.4 is 0 Å². The van der Waals surface area contributed by atoms with Crippen LogP contribution in [0.4, 0.5) is 0 Å². The predicted octanol–water partition coefficient (Wildman–Crippen LogP) is 13.1. The fourth-order valence-corrected chi connectivity index (χ4v) is 7.76. The molecule has 59 heavy (non-hydrogen) atoms. The molecule has 0 aliphatic rings. The summed E-state index contributed by atoms with van der Waals surface area (Å²) < 4.78 is 2.37. The second kappa shape index (κ2) is 14.7. The first kappa shape index (κ1) is 35.8. The Labute approximate surface area is 343 Å². The Morgan fingerprint density at radius 3 is 1.41 bits per heavy atom. The summed E-state index contributed by atoms with van der Waals surface area (Å²) in [6.45, 7) is 6.78. The van der Waals surface area contributed by atoms with E-state index in [1.165, 1.54) is 16.3 Å². The van der Waals surface area contributed by atoms with Gasteiger partial charge in [0.05, 0.1) is 28.1 Å². The van der Waals surface area contributed by atoms with Gasteiger partial charge in [-0.2, -0.15) is 0 Å². The van der Waals surface area contributed by atoms with E-state index < -0.39 is 0 Å². The Balaban J connectivity index is 1.28. The zero-order valence-corrected chi connectivity index (χ0v) is 33.1. The summed E-state index contributed by atoms with van der Waals surface area (Å²) in [6, 6.07) is 64.8. The molecule has 6 nitrogen and oxygen atoms in total. The molecular weight excluding hydrogens is 721 g/mol. The van der Waals surface area contributed by atoms with Gasteiger partial charge in [0.25, 0.3) is 0 Å². The second-order valence-corrected chi connectivity index (χ2v) is 15.8. The molecule has 0 saturated heterocycles. The third-order valence-corrected chi connectivity index (χ3v) is 10.8. The summed E-state index contributed by atoms with van der Waals surface area (Å²) in [5, 5.41) is 2.37. The summed E-state index contributed by atoms with van der Waals surface area (Å²) in [7, 11) is 0. The molecule has 0 spiro atoms. The maximum absolute atomic E-state index is 5.28. The predicted molar refractivity (Wildman–Crippen MR) is 241 cm³/mol. The Kier molecular flexibility index (Phi) is 8.95. The minimum Gasteiger partial charge on any atom is -0.308 e. The highest BCUT2D eigenvalue weighted by atomic mass is 15.1. The molecule has 7 aromatic carbocycles. The summed E-state index contributed by atoms with van der Waals surface area (Å²) >= 11 is 0. The highest BCUT2D eigenvalue weighted by Crippen LogP contribution is 2.40. The van der Waals surface area contributed by atoms with Gasteiger partial charge in [-0.1, -0.05) is 178 Å². The van der Waals surface area contributed by atoms with Crippen LogP contribution in [0.1, 0.15) is 26.3 Å². The smallest absolute Gasteiger partial charge is 0.166 e. The average Bonchev–Trinajstić information content (AvgIpc) is 3.63. The molecule has 0 fully saturated rings. The molecule has 282 valence electrons. The van der Waals surface area contributed by atoms with Crippen LogP contribution in [-0.4, -0.2) is 29.5 Å². The number of para-hydroxylation sites is 1. The number of nitrogens with zero attached hydrogens (tertiary/aromatic N) is 6. The number of rotatable bonds is 7. The van der Waals surface area contributed by atoms with Gasteiger partial charge in [0.1, 0.15) is 0 Å². The molecule has 0 unspecified atom stereocenters. The van der Waals surface area contributed by atoms with E-state index >= 15 is 0 Å². The van der Waals surface area contributed by atoms with Gasteiger partial charge in [-0.25, -0.2) is 24.9 Å². The highest BCUT2D eigenvalue weighted by Gasteiger charge is 2.23. The van der Waals surface area contributed by atoms with Crippen LogP contribution >= 0.6 is 0 Å². The van der Waals surface area contributed by atoms with Crippen molar-refractivity contribution in [3.63, 3.8) is 0 Å². The van der Waals surface area contributed by atoms with Crippen LogP contribution in [-0.2, 0) is 5.41 Å². The minimum atomic E-state index is -0.0501. The third kappa shape index (κ3) is 6.85. The van der Waals surface area contributed by atoms with Crippen LogP contribution in [0.2, 0.25) is 0 Å². The minimum absolute atomic E-state index is 0.0501. The number of hydrogen-bond donors (Lipinski definition) is 0. The first-order valence-electron chi connectivity index (χ1n) is 19.9. The van der Waals surface area contributed by atoms with Crippen molar-refractivity contribution >= 4 is 21.8 Å². The van der Waals surface area contributed by atoms with E-state index in [1.54, 1.807) is 0 Å². The van der Waals surface area contributed by atoms with Crippen LogP contribution in [0, 0.1) is 0 Å². The molecule has 10 aromatic rings. The molecule has 0 aliphatic carbocycles. The molecule has 10 rings (SSSR count). The third-order valence-electron chi connectivity index (χ3n) is 10.8. The largest absolute Gasteiger partial charge is 0.308 e. The lowest BCUT2D eigenvalue weighted by Crippen LogP contribution is -2.11. The summed E-state index contributed by atoms with van der Waals surface area (Å²) in [4.78, 5) is 25.9. The van der Waals surface area contributed by atoms with Gasteiger partial charge < -0.3 is 4.57 Å². The van der Waals surface area contributed by atoms with E-state index in [1.807, 2.05) is 97.1 Å². The molecule has 0 radical (unpaired) electrons. The molecule has 0 amide bonds. The molecule has 6 heteroatoms. The molecule has 3 heterocycles. The molecule has 0 N–H and O–H groups in total. The standard InChI is InChI=1S/C53H40N6/c1-53(2,3)40-29-30-42-41-26-16-17-27-46(41)59(48(42)33-40)47-31-28-39(45-34-44(35-18-8-4-9-19-35)54-49(55-45)36-20-10-5-11-21-36)32-43(47)52-57-50(37-22-12-6-13-23-37)56-51(58-52)38-24-14-7-15-25-38/h4-34H,1-3H3. The average molecular weight is 761 g/mol. The fraction of sp³-hybridized carbons (Fsp3) is 0.0755. The van der Waals surface area contributed by atoms with Gasteiger partial charge >= 0.3 is 0 Å². The van der Waals surface area contributed by atoms with Crippen molar-refractivity contribution < 1.29 is 0 Å². The molecule has 0 aliphatic heterocycles. The van der Waals surface area contributed by atoms with Gasteiger partial charge in [-0.15, -0.1) is 0 Å². The van der Waals surface area contributed by atoms with Gasteiger partial charge in [0, 0.05) is 44.2 Å². The fourth-order valence-electron chi connectivity index (χ4n) is 7.76. The maximum atomic E-state index is 5.28. The number of hydrogen-bond acceptors (Lipinski definition) is 5. The molecule has 3 aromatic heterocycles. The van der Waals surface area contributed by atoms with Gasteiger partial charge in [-0.05, 0) is 41.3 Å². The van der Waals surface area contributed by atoms with Gasteiger partial charge in [0.15, 0.2) is 23.3 Å². The van der Waals surface area contributed by atoms with Crippen LogP contribution in [0.25, 0.3) is 95.6 Å². The van der Waals surface area contributed by atoms with Gasteiger partial charge in [0.2, 0.25) is 0 Å². The maximum Gasteiger partial charge on any atom is 0.166 e. The first-order valence-corrected chi connectivity index (χ1v) is 19.9. The van der Waals surface area contributed by atoms with Crippen molar-refractivity contribution in [3.8, 4) is 73.8 Å². The van der Waals surface area contributed by atoms with Crippen molar-refractivity contribution in [2.45, 2.75) is 26.2 Å². The summed E-state index contributed by atoms with van der Waals surface area (Å²) in [6.07, 6.45) is 0. The molecule has 0 saturated carbocycles. The van der Waals surface area contributed by atoms with Crippen molar-refractivity contribution in [1.82, 2.24) is 29.5 Å². The number of aromatic nitrogens is 6. The van der Waals surface area contributed by atoms with Crippen molar-refractivity contribution in [3.05, 3.63) is 194 Å². The monoisotopic (exact) mass is 760 g/mol. The molecule has 0 bridgehead atoms. The first-order chi connectivity index (χ1) is 28.9. The van der Waals surface area contributed by atoms with E-state index in [0.29, 0.717) is 23.3 Å². The topological polar surface area (TPSA) is 69.4 Å². The van der Waals surface area contributed by atoms with Crippen LogP contribution in [0.15, 0.2) is 188 Å². The van der Waals surface area contributed by atoms with E-state index in [0.717, 1.165) is 61.5 Å². The lowest BCUT2D eigenvalue weighted by atomic mass is 9.86.